The Bertz CT molecular complexity index is 482. The molecule has 8 nitrogen and oxygen atoms in total. The third kappa shape index (κ3) is 2.47. The van der Waals surface area contributed by atoms with Gasteiger partial charge < -0.3 is 14.8 Å². The third-order valence-electron chi connectivity index (χ3n) is 2.54. The summed E-state index contributed by atoms with van der Waals surface area (Å²) in [6.07, 6.45) is 2.42. The van der Waals surface area contributed by atoms with E-state index in [-0.39, 0.29) is 18.0 Å². The van der Waals surface area contributed by atoms with Crippen LogP contribution < -0.4 is 0 Å². The highest BCUT2D eigenvalue weighted by atomic mass is 16.6. The van der Waals surface area contributed by atoms with E-state index in [4.69, 9.17) is 9.94 Å². The van der Waals surface area contributed by atoms with Crippen LogP contribution in [0.4, 0.5) is 0 Å². The molecule has 1 amide bonds. The van der Waals surface area contributed by atoms with Gasteiger partial charge in [-0.2, -0.15) is 5.10 Å². The number of hydrogen-bond acceptors (Lipinski definition) is 5. The number of carbonyl (C=O) groups is 2. The molecule has 1 aliphatic heterocycles. The lowest BCUT2D eigenvalue weighted by Crippen LogP contribution is -2.36. The van der Waals surface area contributed by atoms with Crippen molar-refractivity contribution in [1.29, 1.82) is 0 Å². The van der Waals surface area contributed by atoms with Crippen LogP contribution in [0.3, 0.4) is 0 Å². The molecule has 2 heterocycles. The van der Waals surface area contributed by atoms with Crippen LogP contribution in [0.15, 0.2) is 17.5 Å². The number of aromatic amines is 1. The van der Waals surface area contributed by atoms with E-state index in [1.165, 1.54) is 4.90 Å². The summed E-state index contributed by atoms with van der Waals surface area (Å²) in [6, 6.07) is 0. The van der Waals surface area contributed by atoms with Crippen molar-refractivity contribution in [3.05, 3.63) is 18.0 Å². The topological polar surface area (TPSA) is 108 Å². The fourth-order valence-corrected chi connectivity index (χ4v) is 1.60. The summed E-state index contributed by atoms with van der Waals surface area (Å²) < 4.78 is 0. The van der Waals surface area contributed by atoms with Gasteiger partial charge in [0.1, 0.15) is 0 Å². The molecule has 1 aliphatic rings. The molecule has 1 aromatic rings. The maximum absolute atomic E-state index is 11.9. The second-order valence-electron chi connectivity index (χ2n) is 3.94. The Morgan fingerprint density at radius 3 is 3.00 bits per heavy atom. The molecule has 1 atom stereocenters. The quantitative estimate of drug-likeness (QED) is 0.757. The Balaban J connectivity index is 1.91. The van der Waals surface area contributed by atoms with Crippen LogP contribution in [0, 0.1) is 0 Å². The van der Waals surface area contributed by atoms with Crippen LogP contribution in [0.5, 0.6) is 0 Å². The highest BCUT2D eigenvalue weighted by Crippen LogP contribution is 2.14. The van der Waals surface area contributed by atoms with Gasteiger partial charge in [0.25, 0.3) is 5.91 Å². The largest absolute Gasteiger partial charge is 0.477 e. The van der Waals surface area contributed by atoms with E-state index in [0.29, 0.717) is 6.54 Å². The number of H-pyrrole nitrogens is 1. The molecule has 8 heteroatoms. The molecule has 0 radical (unpaired) electrons. The molecule has 0 fully saturated rings. The van der Waals surface area contributed by atoms with Gasteiger partial charge in [0, 0.05) is 31.8 Å². The monoisotopic (exact) mass is 252 g/mol. The summed E-state index contributed by atoms with van der Waals surface area (Å²) >= 11 is 0. The number of likely N-dealkylation sites (N-methyl/N-ethyl adjacent to an activating group) is 1. The van der Waals surface area contributed by atoms with Crippen molar-refractivity contribution in [1.82, 2.24) is 15.1 Å². The van der Waals surface area contributed by atoms with Gasteiger partial charge in [0.2, 0.25) is 6.10 Å². The molecule has 0 aromatic carbocycles. The lowest BCUT2D eigenvalue weighted by Gasteiger charge is -2.18. The molecule has 18 heavy (non-hydrogen) atoms. The van der Waals surface area contributed by atoms with Gasteiger partial charge in [0.15, 0.2) is 5.71 Å². The van der Waals surface area contributed by atoms with Crippen LogP contribution in [-0.2, 0) is 21.0 Å². The molecular weight excluding hydrogens is 240 g/mol. The van der Waals surface area contributed by atoms with Gasteiger partial charge in [0.05, 0.1) is 6.20 Å². The first-order chi connectivity index (χ1) is 8.58. The lowest BCUT2D eigenvalue weighted by molar-refractivity contribution is -0.141. The van der Waals surface area contributed by atoms with E-state index in [1.807, 2.05) is 0 Å². The van der Waals surface area contributed by atoms with Gasteiger partial charge in [-0.25, -0.2) is 4.79 Å². The molecule has 0 saturated heterocycles. The summed E-state index contributed by atoms with van der Waals surface area (Å²) in [5, 5.41) is 18.5. The molecule has 0 aliphatic carbocycles. The Morgan fingerprint density at radius 1 is 1.67 bits per heavy atom. The number of oxime groups is 1. The van der Waals surface area contributed by atoms with Crippen molar-refractivity contribution in [2.45, 2.75) is 19.1 Å². The predicted octanol–water partition coefficient (Wildman–Crippen LogP) is -0.402. The average Bonchev–Trinajstić information content (AvgIpc) is 2.98. The standard InChI is InChI=1S/C10H12N4O4/c1-14(5-6-3-11-12-4-6)9(15)8-2-7(10(16)17)13-18-8/h3-4,8H,2,5H2,1H3,(H,11,12)(H,16,17). The third-order valence-corrected chi connectivity index (χ3v) is 2.54. The second kappa shape index (κ2) is 4.86. The Labute approximate surface area is 102 Å². The van der Waals surface area contributed by atoms with E-state index in [1.54, 1.807) is 19.4 Å². The molecule has 0 spiro atoms. The Kier molecular flexibility index (Phi) is 3.26. The van der Waals surface area contributed by atoms with Gasteiger partial charge in [-0.1, -0.05) is 5.16 Å². The van der Waals surface area contributed by atoms with Crippen LogP contribution in [-0.4, -0.2) is 50.9 Å². The molecule has 0 saturated carbocycles. The number of hydrogen-bond donors (Lipinski definition) is 2. The first-order valence-electron chi connectivity index (χ1n) is 5.26. The van der Waals surface area contributed by atoms with Crippen LogP contribution >= 0.6 is 0 Å². The van der Waals surface area contributed by atoms with E-state index in [2.05, 4.69) is 15.4 Å². The van der Waals surface area contributed by atoms with Crippen molar-refractivity contribution in [2.24, 2.45) is 5.16 Å². The minimum Gasteiger partial charge on any atom is -0.477 e. The number of aromatic nitrogens is 2. The van der Waals surface area contributed by atoms with Gasteiger partial charge >= 0.3 is 5.97 Å². The maximum Gasteiger partial charge on any atom is 0.353 e. The molecule has 2 rings (SSSR count). The van der Waals surface area contributed by atoms with Crippen LogP contribution in [0.25, 0.3) is 0 Å². The first-order valence-corrected chi connectivity index (χ1v) is 5.26. The fraction of sp³-hybridized carbons (Fsp3) is 0.400. The summed E-state index contributed by atoms with van der Waals surface area (Å²) in [4.78, 5) is 28.9. The van der Waals surface area contributed by atoms with Gasteiger partial charge in [-0.15, -0.1) is 0 Å². The minimum atomic E-state index is -1.16. The predicted molar refractivity (Wildman–Crippen MR) is 59.6 cm³/mol. The molecule has 2 N–H and O–H groups in total. The number of rotatable bonds is 4. The van der Waals surface area contributed by atoms with Gasteiger partial charge in [-0.3, -0.25) is 9.89 Å². The van der Waals surface area contributed by atoms with Crippen LogP contribution in [0.1, 0.15) is 12.0 Å². The maximum atomic E-state index is 11.9. The van der Waals surface area contributed by atoms with Crippen molar-refractivity contribution in [3.63, 3.8) is 0 Å². The zero-order valence-electron chi connectivity index (χ0n) is 9.66. The smallest absolute Gasteiger partial charge is 0.353 e. The Morgan fingerprint density at radius 2 is 2.44 bits per heavy atom. The summed E-state index contributed by atoms with van der Waals surface area (Å²) in [5.41, 5.74) is 0.716. The van der Waals surface area contributed by atoms with Crippen molar-refractivity contribution in [3.8, 4) is 0 Å². The summed E-state index contributed by atoms with van der Waals surface area (Å²) in [6.45, 7) is 0.373. The fourth-order valence-electron chi connectivity index (χ4n) is 1.60. The average molecular weight is 252 g/mol. The number of nitrogens with zero attached hydrogens (tertiary/aromatic N) is 3. The van der Waals surface area contributed by atoms with E-state index < -0.39 is 12.1 Å². The highest BCUT2D eigenvalue weighted by molar-refractivity contribution is 6.36. The number of aliphatic carboxylic acids is 1. The zero-order valence-corrected chi connectivity index (χ0v) is 9.66. The summed E-state index contributed by atoms with van der Waals surface area (Å²) in [5.74, 6) is -1.47. The van der Waals surface area contributed by atoms with Crippen LogP contribution in [0.2, 0.25) is 0 Å². The lowest BCUT2D eigenvalue weighted by atomic mass is 10.1. The van der Waals surface area contributed by atoms with Crippen molar-refractivity contribution < 1.29 is 19.5 Å². The van der Waals surface area contributed by atoms with Gasteiger partial charge in [-0.05, 0) is 0 Å². The zero-order chi connectivity index (χ0) is 13.1. The number of nitrogens with one attached hydrogen (secondary N) is 1. The Hall–Kier alpha value is -2.38. The minimum absolute atomic E-state index is 0.0100. The molecular formula is C10H12N4O4. The molecule has 96 valence electrons. The second-order valence-corrected chi connectivity index (χ2v) is 3.94. The SMILES string of the molecule is CN(Cc1cn[nH]c1)C(=O)C1CC(C(=O)O)=NO1. The molecule has 1 unspecified atom stereocenters. The van der Waals surface area contributed by atoms with E-state index >= 15 is 0 Å². The van der Waals surface area contributed by atoms with Crippen molar-refractivity contribution in [2.75, 3.05) is 7.05 Å². The number of amides is 1. The summed E-state index contributed by atoms with van der Waals surface area (Å²) in [7, 11) is 1.61. The first kappa shape index (κ1) is 12.1. The number of carboxylic acid groups (broad SMARTS) is 1. The van der Waals surface area contributed by atoms with E-state index in [9.17, 15) is 9.59 Å². The number of carboxylic acids is 1. The molecule has 0 bridgehead atoms. The highest BCUT2D eigenvalue weighted by Gasteiger charge is 2.33. The normalized spacial score (nSPS) is 18.1. The number of carbonyl (C=O) groups excluding carboxylic acids is 1. The van der Waals surface area contributed by atoms with E-state index in [0.717, 1.165) is 5.56 Å². The van der Waals surface area contributed by atoms with Crippen molar-refractivity contribution >= 4 is 17.6 Å². The molecule has 1 aromatic heterocycles.